The van der Waals surface area contributed by atoms with E-state index in [4.69, 9.17) is 10.4 Å². The maximum atomic E-state index is 11.9. The summed E-state index contributed by atoms with van der Waals surface area (Å²) in [6.07, 6.45) is 19.2. The molecule has 6 nitrogen and oxygen atoms in total. The Morgan fingerprint density at radius 3 is 1.33 bits per heavy atom. The van der Waals surface area contributed by atoms with E-state index in [2.05, 4.69) is 6.92 Å². The molecule has 0 saturated carbocycles. The first-order valence-electron chi connectivity index (χ1n) is 11.1. The lowest BCUT2D eigenvalue weighted by atomic mass is 10.0. The second-order valence-electron chi connectivity index (χ2n) is 7.41. The molecule has 27 heavy (non-hydrogen) atoms. The van der Waals surface area contributed by atoms with E-state index >= 15 is 0 Å². The number of carbonyl (C=O) groups excluding carboxylic acids is 2. The normalized spacial score (nSPS) is 10.8. The van der Waals surface area contributed by atoms with Gasteiger partial charge >= 0.3 is 6.03 Å². The third kappa shape index (κ3) is 14.6. The van der Waals surface area contributed by atoms with Crippen LogP contribution in [0.5, 0.6) is 0 Å². The van der Waals surface area contributed by atoms with E-state index in [1.54, 1.807) is 6.92 Å². The van der Waals surface area contributed by atoms with Crippen LogP contribution in [0.3, 0.4) is 0 Å². The summed E-state index contributed by atoms with van der Waals surface area (Å²) in [6.45, 7) is 4.02. The molecule has 3 amide bonds. The molecule has 0 spiro atoms. The summed E-state index contributed by atoms with van der Waals surface area (Å²) in [7, 11) is 0. The van der Waals surface area contributed by atoms with Crippen molar-refractivity contribution in [3.63, 3.8) is 0 Å². The topological polar surface area (TPSA) is 81.1 Å². The average molecular weight is 387 g/mol. The molecule has 0 bridgehead atoms. The predicted octanol–water partition coefficient (Wildman–Crippen LogP) is 6.30. The zero-order chi connectivity index (χ0) is 20.3. The van der Waals surface area contributed by atoms with Gasteiger partial charge in [0, 0.05) is 13.0 Å². The van der Waals surface area contributed by atoms with Gasteiger partial charge in [-0.25, -0.2) is 4.79 Å². The minimum atomic E-state index is -1.09. The number of unbranched alkanes of at least 4 members (excludes halogenated alkanes) is 14. The van der Waals surface area contributed by atoms with E-state index in [0.717, 1.165) is 24.2 Å². The van der Waals surface area contributed by atoms with Gasteiger partial charge in [-0.3, -0.25) is 20.1 Å². The van der Waals surface area contributed by atoms with Crippen LogP contribution in [0.15, 0.2) is 0 Å². The minimum absolute atomic E-state index is 0.133. The second-order valence-corrected chi connectivity index (χ2v) is 7.41. The van der Waals surface area contributed by atoms with Gasteiger partial charge in [-0.05, 0) is 13.3 Å². The van der Waals surface area contributed by atoms with Gasteiger partial charge in [-0.2, -0.15) is 0 Å². The molecule has 0 aromatic heterocycles. The lowest BCUT2D eigenvalue weighted by Gasteiger charge is -2.20. The van der Waals surface area contributed by atoms with E-state index < -0.39 is 11.3 Å². The molecule has 0 aliphatic heterocycles. The number of urea groups is 1. The Morgan fingerprint density at radius 2 is 1.00 bits per heavy atom. The Hall–Kier alpha value is -1.14. The Kier molecular flexibility index (Phi) is 17.5. The smallest absolute Gasteiger partial charge is 0.274 e. The molecule has 0 radical (unpaired) electrons. The third-order valence-corrected chi connectivity index (χ3v) is 5.01. The summed E-state index contributed by atoms with van der Waals surface area (Å²) in [5.41, 5.74) is 0. The molecule has 0 aliphatic rings. The van der Waals surface area contributed by atoms with Gasteiger partial charge in [0.15, 0.2) is 0 Å². The Balaban J connectivity index is 3.42. The lowest BCUT2D eigenvalue weighted by molar-refractivity contribution is -0.263. The van der Waals surface area contributed by atoms with E-state index in [0.29, 0.717) is 0 Å². The number of nitrogens with zero attached hydrogens (tertiary/aromatic N) is 2. The first-order chi connectivity index (χ1) is 13.0. The fourth-order valence-corrected chi connectivity index (χ4v) is 3.31. The van der Waals surface area contributed by atoms with Crippen LogP contribution in [-0.2, 0) is 4.79 Å². The third-order valence-electron chi connectivity index (χ3n) is 5.01. The van der Waals surface area contributed by atoms with Gasteiger partial charge in [-0.15, -0.1) is 0 Å². The highest BCUT2D eigenvalue weighted by molar-refractivity contribution is 5.93. The van der Waals surface area contributed by atoms with Crippen molar-refractivity contribution in [1.82, 2.24) is 10.1 Å². The first-order valence-corrected chi connectivity index (χ1v) is 11.1. The highest BCUT2D eigenvalue weighted by atomic mass is 16.8. The largest absolute Gasteiger partial charge is 0.375 e. The van der Waals surface area contributed by atoms with E-state index in [1.807, 2.05) is 0 Å². The van der Waals surface area contributed by atoms with Crippen molar-refractivity contribution < 1.29 is 20.0 Å². The molecule has 0 rings (SSSR count). The van der Waals surface area contributed by atoms with Crippen LogP contribution in [0.4, 0.5) is 4.79 Å². The first kappa shape index (κ1) is 25.9. The summed E-state index contributed by atoms with van der Waals surface area (Å²) < 4.78 is 0. The van der Waals surface area contributed by atoms with E-state index in [1.165, 1.54) is 77.0 Å². The van der Waals surface area contributed by atoms with Gasteiger partial charge in [0.1, 0.15) is 0 Å². The zero-order valence-electron chi connectivity index (χ0n) is 17.6. The Labute approximate surface area is 165 Å². The molecule has 0 saturated heterocycles. The zero-order valence-corrected chi connectivity index (χ0v) is 17.6. The maximum absolute atomic E-state index is 11.9. The number of imide groups is 1. The molecule has 0 aromatic carbocycles. The van der Waals surface area contributed by atoms with Crippen molar-refractivity contribution >= 4 is 11.9 Å². The van der Waals surface area contributed by atoms with Crippen LogP contribution in [0, 0.1) is 0 Å². The molecule has 160 valence electrons. The van der Waals surface area contributed by atoms with Crippen molar-refractivity contribution in [3.05, 3.63) is 0 Å². The molecule has 0 unspecified atom stereocenters. The van der Waals surface area contributed by atoms with Crippen molar-refractivity contribution in [2.45, 2.75) is 117 Å². The summed E-state index contributed by atoms with van der Waals surface area (Å²) in [5, 5.41) is 16.9. The number of hydrogen-bond acceptors (Lipinski definition) is 4. The second kappa shape index (κ2) is 18.2. The number of carbonyl (C=O) groups is 2. The van der Waals surface area contributed by atoms with Crippen LogP contribution in [0.1, 0.15) is 117 Å². The Morgan fingerprint density at radius 1 is 0.630 bits per heavy atom. The number of hydrogen-bond donors (Lipinski definition) is 2. The molecule has 6 heteroatoms. The van der Waals surface area contributed by atoms with Gasteiger partial charge < -0.3 is 0 Å². The number of amides is 3. The quantitative estimate of drug-likeness (QED) is 0.175. The monoisotopic (exact) mass is 386 g/mol. The summed E-state index contributed by atoms with van der Waals surface area (Å²) >= 11 is 0. The predicted molar refractivity (Wildman–Crippen MR) is 108 cm³/mol. The fraction of sp³-hybridized carbons (Fsp3) is 0.905. The van der Waals surface area contributed by atoms with Crippen molar-refractivity contribution in [2.75, 3.05) is 6.54 Å². The highest BCUT2D eigenvalue weighted by Gasteiger charge is 2.22. The average Bonchev–Trinajstić information content (AvgIpc) is 2.65. The molecule has 0 fully saturated rings. The van der Waals surface area contributed by atoms with Crippen LogP contribution >= 0.6 is 0 Å². The molecule has 2 N–H and O–H groups in total. The highest BCUT2D eigenvalue weighted by Crippen LogP contribution is 2.14. The summed E-state index contributed by atoms with van der Waals surface area (Å²) in [4.78, 5) is 24.2. The van der Waals surface area contributed by atoms with Crippen LogP contribution < -0.4 is 0 Å². The molecular weight excluding hydrogens is 344 g/mol. The molecule has 0 atom stereocenters. The van der Waals surface area contributed by atoms with Crippen LogP contribution in [0.25, 0.3) is 0 Å². The van der Waals surface area contributed by atoms with Gasteiger partial charge in [-0.1, -0.05) is 102 Å². The molecule has 0 aliphatic carbocycles. The standard InChI is InChI=1S/C21H42N2O4/c1-3-5-6-7-8-9-10-11-12-13-14-15-16-17-18-19-20(24)22(4-2)21(25)23(26)27/h26-27H,3-19H2,1-2H3. The summed E-state index contributed by atoms with van der Waals surface area (Å²) in [5.74, 6) is -0.356. The maximum Gasteiger partial charge on any atom is 0.375 e. The SMILES string of the molecule is CCCCCCCCCCCCCCCCCC(=O)N(CC)C(=O)N(O)O. The minimum Gasteiger partial charge on any atom is -0.274 e. The number of hydroxylamine groups is 2. The lowest BCUT2D eigenvalue weighted by Crippen LogP contribution is -2.43. The van der Waals surface area contributed by atoms with Gasteiger partial charge in [0.2, 0.25) is 5.91 Å². The fourth-order valence-electron chi connectivity index (χ4n) is 3.31. The van der Waals surface area contributed by atoms with Crippen molar-refractivity contribution in [1.29, 1.82) is 0 Å². The van der Waals surface area contributed by atoms with Crippen molar-refractivity contribution in [3.8, 4) is 0 Å². The van der Waals surface area contributed by atoms with Crippen LogP contribution in [0.2, 0.25) is 0 Å². The molecule has 0 heterocycles. The number of rotatable bonds is 17. The summed E-state index contributed by atoms with van der Waals surface area (Å²) in [6, 6.07) is -1.09. The van der Waals surface area contributed by atoms with E-state index in [9.17, 15) is 9.59 Å². The van der Waals surface area contributed by atoms with Crippen LogP contribution in [-0.4, -0.2) is 39.0 Å². The Bertz CT molecular complexity index is 375. The van der Waals surface area contributed by atoms with Crippen molar-refractivity contribution in [2.24, 2.45) is 0 Å². The molecular formula is C21H42N2O4. The van der Waals surface area contributed by atoms with E-state index in [-0.39, 0.29) is 18.9 Å². The van der Waals surface area contributed by atoms with Gasteiger partial charge in [0.05, 0.1) is 0 Å². The molecule has 0 aromatic rings. The van der Waals surface area contributed by atoms with Gasteiger partial charge in [0.25, 0.3) is 0 Å².